The summed E-state index contributed by atoms with van der Waals surface area (Å²) in [7, 11) is 0. The second-order valence-corrected chi connectivity index (χ2v) is 5.10. The number of ether oxygens (including phenoxy) is 1. The Kier molecular flexibility index (Phi) is 6.49. The van der Waals surface area contributed by atoms with E-state index in [0.717, 1.165) is 0 Å². The van der Waals surface area contributed by atoms with E-state index in [2.05, 4.69) is 10.6 Å². The van der Waals surface area contributed by atoms with Crippen LogP contribution in [-0.2, 0) is 4.79 Å². The zero-order valence-corrected chi connectivity index (χ0v) is 12.8. The van der Waals surface area contributed by atoms with Crippen LogP contribution in [0.3, 0.4) is 0 Å². The summed E-state index contributed by atoms with van der Waals surface area (Å²) >= 11 is 0. The first-order valence-electron chi connectivity index (χ1n) is 6.67. The average Bonchev–Trinajstić information content (AvgIpc) is 2.79. The minimum atomic E-state index is -2.85. The maximum atomic E-state index is 13.4. The molecule has 2 unspecified atom stereocenters. The molecule has 1 heterocycles. The van der Waals surface area contributed by atoms with Crippen LogP contribution >= 0.6 is 12.4 Å². The fourth-order valence-corrected chi connectivity index (χ4v) is 2.07. The molecule has 4 nitrogen and oxygen atoms in total. The third-order valence-corrected chi connectivity index (χ3v) is 3.15. The zero-order chi connectivity index (χ0) is 15.5. The monoisotopic (exact) mass is 338 g/mol. The summed E-state index contributed by atoms with van der Waals surface area (Å²) in [5, 5.41) is 4.99. The van der Waals surface area contributed by atoms with Gasteiger partial charge in [-0.05, 0) is 19.1 Å². The Morgan fingerprint density at radius 1 is 1.50 bits per heavy atom. The molecule has 0 aromatic heterocycles. The normalized spacial score (nSPS) is 20.8. The average molecular weight is 339 g/mol. The molecule has 0 bridgehead atoms. The first kappa shape index (κ1) is 18.6. The Balaban J connectivity index is 0.00000242. The van der Waals surface area contributed by atoms with E-state index in [0.29, 0.717) is 0 Å². The van der Waals surface area contributed by atoms with Crippen LogP contribution in [-0.4, -0.2) is 37.1 Å². The quantitative estimate of drug-likeness (QED) is 0.864. The molecule has 1 aromatic rings. The lowest BCUT2D eigenvalue weighted by molar-refractivity contribution is -0.123. The van der Waals surface area contributed by atoms with Crippen molar-refractivity contribution in [2.75, 3.05) is 13.1 Å². The lowest BCUT2D eigenvalue weighted by atomic mass is 10.2. The Hall–Kier alpha value is -1.47. The number of nitrogens with one attached hydrogen (secondary N) is 2. The highest BCUT2D eigenvalue weighted by atomic mass is 35.5. The maximum Gasteiger partial charge on any atom is 0.262 e. The van der Waals surface area contributed by atoms with Crippen LogP contribution in [0.5, 0.6) is 5.75 Å². The lowest BCUT2D eigenvalue weighted by Gasteiger charge is -2.17. The molecule has 22 heavy (non-hydrogen) atoms. The second-order valence-electron chi connectivity index (χ2n) is 5.10. The minimum absolute atomic E-state index is 0. The summed E-state index contributed by atoms with van der Waals surface area (Å²) < 4.78 is 44.7. The maximum absolute atomic E-state index is 13.4. The number of para-hydroxylation sites is 1. The molecule has 0 radical (unpaired) electrons. The van der Waals surface area contributed by atoms with Gasteiger partial charge in [-0.25, -0.2) is 13.2 Å². The van der Waals surface area contributed by atoms with Crippen molar-refractivity contribution < 1.29 is 22.7 Å². The number of alkyl halides is 2. The van der Waals surface area contributed by atoms with Gasteiger partial charge in [0.1, 0.15) is 6.10 Å². The summed E-state index contributed by atoms with van der Waals surface area (Å²) in [4.78, 5) is 11.7. The number of amides is 1. The van der Waals surface area contributed by atoms with Crippen LogP contribution in [0.15, 0.2) is 24.3 Å². The van der Waals surface area contributed by atoms with Crippen molar-refractivity contribution >= 4 is 18.3 Å². The standard InChI is InChI=1S/C14H17F3N2O2.ClH/c1-9(21-12-5-3-2-4-10(12)15)7-18-13(20)11-6-14(16,17)8-19-11;/h2-5,9,11,19H,6-8H2,1H3,(H,18,20);1H. The molecule has 1 fully saturated rings. The highest BCUT2D eigenvalue weighted by Crippen LogP contribution is 2.25. The van der Waals surface area contributed by atoms with Crippen LogP contribution in [0.4, 0.5) is 13.2 Å². The topological polar surface area (TPSA) is 50.4 Å². The highest BCUT2D eigenvalue weighted by Gasteiger charge is 2.42. The van der Waals surface area contributed by atoms with Gasteiger partial charge in [0, 0.05) is 6.42 Å². The van der Waals surface area contributed by atoms with Gasteiger partial charge in [0.25, 0.3) is 5.92 Å². The van der Waals surface area contributed by atoms with Gasteiger partial charge >= 0.3 is 0 Å². The third kappa shape index (κ3) is 5.06. The van der Waals surface area contributed by atoms with Crippen molar-refractivity contribution in [2.24, 2.45) is 0 Å². The molecule has 1 saturated heterocycles. The van der Waals surface area contributed by atoms with Gasteiger partial charge in [-0.2, -0.15) is 0 Å². The van der Waals surface area contributed by atoms with E-state index in [1.165, 1.54) is 12.1 Å². The molecule has 124 valence electrons. The van der Waals surface area contributed by atoms with E-state index in [9.17, 15) is 18.0 Å². The number of benzene rings is 1. The van der Waals surface area contributed by atoms with Gasteiger partial charge in [-0.1, -0.05) is 12.1 Å². The van der Waals surface area contributed by atoms with Crippen LogP contribution in [0.1, 0.15) is 13.3 Å². The summed E-state index contributed by atoms with van der Waals surface area (Å²) in [6.45, 7) is 1.27. The Morgan fingerprint density at radius 3 is 2.77 bits per heavy atom. The predicted molar refractivity (Wildman–Crippen MR) is 78.1 cm³/mol. The molecule has 0 aliphatic carbocycles. The van der Waals surface area contributed by atoms with Gasteiger partial charge in [0.05, 0.1) is 19.1 Å². The summed E-state index contributed by atoms with van der Waals surface area (Å²) in [6.07, 6.45) is -0.991. The fraction of sp³-hybridized carbons (Fsp3) is 0.500. The number of halogens is 4. The third-order valence-electron chi connectivity index (χ3n) is 3.15. The van der Waals surface area contributed by atoms with Crippen molar-refractivity contribution in [3.05, 3.63) is 30.1 Å². The van der Waals surface area contributed by atoms with Crippen molar-refractivity contribution in [1.29, 1.82) is 0 Å². The molecule has 2 rings (SSSR count). The molecular weight excluding hydrogens is 321 g/mol. The van der Waals surface area contributed by atoms with E-state index in [-0.39, 0.29) is 24.7 Å². The summed E-state index contributed by atoms with van der Waals surface area (Å²) in [5.41, 5.74) is 0. The van der Waals surface area contributed by atoms with Gasteiger partial charge < -0.3 is 10.1 Å². The zero-order valence-electron chi connectivity index (χ0n) is 11.9. The van der Waals surface area contributed by atoms with Crippen molar-refractivity contribution in [3.8, 4) is 5.75 Å². The first-order chi connectivity index (χ1) is 9.87. The molecule has 8 heteroatoms. The predicted octanol–water partition coefficient (Wildman–Crippen LogP) is 2.13. The minimum Gasteiger partial charge on any atom is -0.486 e. The summed E-state index contributed by atoms with van der Waals surface area (Å²) in [6, 6.07) is 5.02. The summed E-state index contributed by atoms with van der Waals surface area (Å²) in [5.74, 6) is -3.76. The molecule has 1 amide bonds. The van der Waals surface area contributed by atoms with E-state index >= 15 is 0 Å². The SMILES string of the molecule is CC(CNC(=O)C1CC(F)(F)CN1)Oc1ccccc1F.Cl. The van der Waals surface area contributed by atoms with E-state index < -0.39 is 42.8 Å². The molecular formula is C14H18ClF3N2O2. The van der Waals surface area contributed by atoms with E-state index in [1.54, 1.807) is 19.1 Å². The largest absolute Gasteiger partial charge is 0.486 e. The van der Waals surface area contributed by atoms with Gasteiger partial charge in [-0.15, -0.1) is 12.4 Å². The van der Waals surface area contributed by atoms with E-state index in [1.807, 2.05) is 0 Å². The number of hydrogen-bond donors (Lipinski definition) is 2. The molecule has 1 aliphatic rings. The lowest BCUT2D eigenvalue weighted by Crippen LogP contribution is -2.43. The first-order valence-corrected chi connectivity index (χ1v) is 6.67. The number of carbonyl (C=O) groups is 1. The molecule has 1 aliphatic heterocycles. The van der Waals surface area contributed by atoms with Crippen LogP contribution in [0.25, 0.3) is 0 Å². The Labute approximate surface area is 132 Å². The second kappa shape index (κ2) is 7.69. The number of hydrogen-bond acceptors (Lipinski definition) is 3. The highest BCUT2D eigenvalue weighted by molar-refractivity contribution is 5.85. The van der Waals surface area contributed by atoms with Crippen LogP contribution < -0.4 is 15.4 Å². The van der Waals surface area contributed by atoms with Crippen LogP contribution in [0, 0.1) is 5.82 Å². The van der Waals surface area contributed by atoms with Crippen molar-refractivity contribution in [2.45, 2.75) is 31.4 Å². The van der Waals surface area contributed by atoms with E-state index in [4.69, 9.17) is 4.74 Å². The Bertz CT molecular complexity index is 517. The molecule has 2 atom stereocenters. The number of carbonyl (C=O) groups excluding carboxylic acids is 1. The molecule has 0 saturated carbocycles. The van der Waals surface area contributed by atoms with Gasteiger partial charge in [0.15, 0.2) is 11.6 Å². The van der Waals surface area contributed by atoms with Gasteiger partial charge in [0.2, 0.25) is 5.91 Å². The molecule has 1 aromatic carbocycles. The van der Waals surface area contributed by atoms with Crippen molar-refractivity contribution in [3.63, 3.8) is 0 Å². The fourth-order valence-electron chi connectivity index (χ4n) is 2.07. The van der Waals surface area contributed by atoms with Crippen LogP contribution in [0.2, 0.25) is 0 Å². The van der Waals surface area contributed by atoms with Crippen molar-refractivity contribution in [1.82, 2.24) is 10.6 Å². The van der Waals surface area contributed by atoms with Gasteiger partial charge in [-0.3, -0.25) is 10.1 Å². The number of rotatable bonds is 5. The molecule has 0 spiro atoms. The molecule has 2 N–H and O–H groups in total. The smallest absolute Gasteiger partial charge is 0.262 e. The Morgan fingerprint density at radius 2 is 2.18 bits per heavy atom.